The van der Waals surface area contributed by atoms with Crippen molar-refractivity contribution in [3.63, 3.8) is 0 Å². The van der Waals surface area contributed by atoms with Gasteiger partial charge in [0.1, 0.15) is 34.2 Å². The fourth-order valence-electron chi connectivity index (χ4n) is 5.65. The number of amides is 2. The number of ether oxygens (including phenoxy) is 2. The predicted octanol–water partition coefficient (Wildman–Crippen LogP) is 9.43. The Morgan fingerprint density at radius 1 is 0.611 bits per heavy atom. The molecule has 2 N–H and O–H groups in total. The van der Waals surface area contributed by atoms with Gasteiger partial charge in [0.05, 0.1) is 14.2 Å². The zero-order valence-electron chi connectivity index (χ0n) is 30.6. The third-order valence-corrected chi connectivity index (χ3v) is 9.08. The van der Waals surface area contributed by atoms with E-state index in [0.29, 0.717) is 22.8 Å². The number of benzene rings is 4. The number of hydrogen-bond acceptors (Lipinski definition) is 8. The van der Waals surface area contributed by atoms with Crippen LogP contribution in [0.1, 0.15) is 36.1 Å². The number of methoxy groups -OCH3 is 2. The van der Waals surface area contributed by atoms with E-state index in [2.05, 4.69) is 40.7 Å². The smallest absolute Gasteiger partial charge is 0.241 e. The van der Waals surface area contributed by atoms with Gasteiger partial charge in [0.25, 0.3) is 0 Å². The average Bonchev–Trinajstić information content (AvgIpc) is 3.19. The summed E-state index contributed by atoms with van der Waals surface area (Å²) in [6, 6.07) is 29.5. The number of rotatable bonds is 10. The van der Waals surface area contributed by atoms with Crippen LogP contribution in [-0.4, -0.2) is 36.0 Å². The maximum absolute atomic E-state index is 13.0. The van der Waals surface area contributed by atoms with Crippen LogP contribution < -0.4 is 20.1 Å². The number of fused-ring (bicyclic) bond motifs is 2. The van der Waals surface area contributed by atoms with Crippen LogP contribution in [0.5, 0.6) is 11.5 Å². The molecule has 2 aromatic heterocycles. The standard InChI is InChI=1S/2C20H19N5O2/c2*1-13-5-4-10-22-18(13)23-19(26)20(2,24-25-21)16-8-6-15-12-17(27-3)9-7-14(15)11-16/h2*4-12H,1-3H3,(H,22,23,26). The van der Waals surface area contributed by atoms with Crippen LogP contribution in [0.2, 0.25) is 0 Å². The van der Waals surface area contributed by atoms with Gasteiger partial charge in [0, 0.05) is 22.2 Å². The molecule has 272 valence electrons. The Labute approximate surface area is 311 Å². The Morgan fingerprint density at radius 3 is 1.33 bits per heavy atom. The van der Waals surface area contributed by atoms with E-state index < -0.39 is 22.9 Å². The van der Waals surface area contributed by atoms with Crippen molar-refractivity contribution in [2.24, 2.45) is 10.2 Å². The predicted molar refractivity (Wildman–Crippen MR) is 209 cm³/mol. The fourth-order valence-corrected chi connectivity index (χ4v) is 5.65. The summed E-state index contributed by atoms with van der Waals surface area (Å²) in [6.45, 7) is 6.86. The summed E-state index contributed by atoms with van der Waals surface area (Å²) in [5.74, 6) is 1.47. The van der Waals surface area contributed by atoms with Crippen LogP contribution in [0.3, 0.4) is 0 Å². The molecule has 6 rings (SSSR count). The highest BCUT2D eigenvalue weighted by atomic mass is 16.5. The summed E-state index contributed by atoms with van der Waals surface area (Å²) in [4.78, 5) is 40.1. The van der Waals surface area contributed by atoms with Gasteiger partial charge < -0.3 is 20.1 Å². The zero-order valence-corrected chi connectivity index (χ0v) is 30.6. The van der Waals surface area contributed by atoms with Crippen molar-refractivity contribution < 1.29 is 19.1 Å². The Morgan fingerprint density at radius 2 is 0.981 bits per heavy atom. The molecule has 2 unspecified atom stereocenters. The summed E-state index contributed by atoms with van der Waals surface area (Å²) < 4.78 is 10.5. The minimum absolute atomic E-state index is 0.437. The third-order valence-electron chi connectivity index (χ3n) is 9.08. The lowest BCUT2D eigenvalue weighted by Crippen LogP contribution is -2.36. The summed E-state index contributed by atoms with van der Waals surface area (Å²) in [5, 5.41) is 16.9. The molecule has 6 aromatic rings. The second-order valence-corrected chi connectivity index (χ2v) is 12.6. The van der Waals surface area contributed by atoms with E-state index in [4.69, 9.17) is 20.5 Å². The highest BCUT2D eigenvalue weighted by Gasteiger charge is 2.36. The van der Waals surface area contributed by atoms with Crippen LogP contribution in [0.15, 0.2) is 120 Å². The summed E-state index contributed by atoms with van der Waals surface area (Å²) >= 11 is 0. The molecule has 2 heterocycles. The second kappa shape index (κ2) is 16.5. The second-order valence-electron chi connectivity index (χ2n) is 12.6. The van der Waals surface area contributed by atoms with E-state index in [-0.39, 0.29) is 0 Å². The first-order valence-corrected chi connectivity index (χ1v) is 16.7. The highest BCUT2D eigenvalue weighted by molar-refractivity contribution is 6.00. The van der Waals surface area contributed by atoms with Crippen molar-refractivity contribution in [1.29, 1.82) is 0 Å². The van der Waals surface area contributed by atoms with Gasteiger partial charge in [-0.3, -0.25) is 9.59 Å². The maximum atomic E-state index is 13.0. The van der Waals surface area contributed by atoms with E-state index in [1.54, 1.807) is 64.7 Å². The van der Waals surface area contributed by atoms with Crippen LogP contribution >= 0.6 is 0 Å². The SMILES string of the molecule is COc1ccc2cc(C(C)(N=[N+]=[N-])C(=O)Nc3ncccc3C)ccc2c1.COc1ccc2cc(C(C)(N=[N+]=[N-])C(=O)Nc3ncccc3C)ccc2c1. The number of nitrogens with zero attached hydrogens (tertiary/aromatic N) is 8. The van der Waals surface area contributed by atoms with Crippen LogP contribution in [0, 0.1) is 13.8 Å². The lowest BCUT2D eigenvalue weighted by atomic mass is 9.90. The average molecular weight is 723 g/mol. The molecule has 0 aliphatic rings. The number of pyridine rings is 2. The van der Waals surface area contributed by atoms with Crippen LogP contribution in [0.4, 0.5) is 11.6 Å². The summed E-state index contributed by atoms with van der Waals surface area (Å²) in [5.41, 5.74) is 18.1. The van der Waals surface area contributed by atoms with Crippen molar-refractivity contribution in [1.82, 2.24) is 9.97 Å². The van der Waals surface area contributed by atoms with E-state index in [0.717, 1.165) is 44.2 Å². The fraction of sp³-hybridized carbons (Fsp3) is 0.200. The molecule has 0 saturated carbocycles. The topological polar surface area (TPSA) is 200 Å². The monoisotopic (exact) mass is 722 g/mol. The maximum Gasteiger partial charge on any atom is 0.241 e. The summed E-state index contributed by atoms with van der Waals surface area (Å²) in [7, 11) is 3.22. The number of aromatic nitrogens is 2. The zero-order chi connectivity index (χ0) is 38.9. The molecule has 2 amide bonds. The first kappa shape index (κ1) is 38.1. The minimum atomic E-state index is -1.42. The minimum Gasteiger partial charge on any atom is -0.497 e. The van der Waals surface area contributed by atoms with E-state index in [1.807, 2.05) is 86.6 Å². The number of hydrogen-bond donors (Lipinski definition) is 2. The van der Waals surface area contributed by atoms with Gasteiger partial charge >= 0.3 is 0 Å². The van der Waals surface area contributed by atoms with Crippen molar-refractivity contribution >= 4 is 45.0 Å². The van der Waals surface area contributed by atoms with Gasteiger partial charge in [0.15, 0.2) is 0 Å². The highest BCUT2D eigenvalue weighted by Crippen LogP contribution is 2.33. The Bertz CT molecular complexity index is 2290. The molecule has 2 atom stereocenters. The van der Waals surface area contributed by atoms with Crippen LogP contribution in [-0.2, 0) is 20.7 Å². The van der Waals surface area contributed by atoms with Crippen molar-refractivity contribution in [2.75, 3.05) is 24.9 Å². The third kappa shape index (κ3) is 8.16. The molecule has 54 heavy (non-hydrogen) atoms. The van der Waals surface area contributed by atoms with Gasteiger partial charge in [0.2, 0.25) is 11.8 Å². The lowest BCUT2D eigenvalue weighted by molar-refractivity contribution is -0.121. The van der Waals surface area contributed by atoms with E-state index in [9.17, 15) is 9.59 Å². The van der Waals surface area contributed by atoms with Gasteiger partial charge in [-0.15, -0.1) is 0 Å². The molecule has 0 aliphatic carbocycles. The quantitative estimate of drug-likeness (QED) is 0.0801. The molecule has 14 nitrogen and oxygen atoms in total. The van der Waals surface area contributed by atoms with Gasteiger partial charge in [-0.05, 0) is 131 Å². The Hall–Kier alpha value is -7.14. The molecule has 0 bridgehead atoms. The Kier molecular flexibility index (Phi) is 11.6. The summed E-state index contributed by atoms with van der Waals surface area (Å²) in [6.07, 6.45) is 3.19. The van der Waals surface area contributed by atoms with Crippen molar-refractivity contribution in [3.05, 3.63) is 153 Å². The van der Waals surface area contributed by atoms with Crippen LogP contribution in [0.25, 0.3) is 42.4 Å². The molecule has 0 radical (unpaired) electrons. The molecule has 0 saturated heterocycles. The number of anilines is 2. The first-order chi connectivity index (χ1) is 25.9. The van der Waals surface area contributed by atoms with Crippen molar-refractivity contribution in [2.45, 2.75) is 38.8 Å². The normalized spacial score (nSPS) is 12.7. The van der Waals surface area contributed by atoms with Gasteiger partial charge in [-0.1, -0.05) is 58.8 Å². The Balaban J connectivity index is 0.000000208. The van der Waals surface area contributed by atoms with E-state index >= 15 is 0 Å². The first-order valence-electron chi connectivity index (χ1n) is 16.7. The number of carbonyl (C=O) groups excluding carboxylic acids is 2. The largest absolute Gasteiger partial charge is 0.497 e. The van der Waals surface area contributed by atoms with Gasteiger partial charge in [-0.25, -0.2) is 9.97 Å². The molecule has 0 fully saturated rings. The van der Waals surface area contributed by atoms with Gasteiger partial charge in [-0.2, -0.15) is 0 Å². The van der Waals surface area contributed by atoms with Crippen molar-refractivity contribution in [3.8, 4) is 11.5 Å². The molecular weight excluding hydrogens is 685 g/mol. The molecular formula is C40H38N10O4. The number of nitrogens with one attached hydrogen (secondary N) is 2. The molecule has 14 heteroatoms. The molecule has 4 aromatic carbocycles. The van der Waals surface area contributed by atoms with E-state index in [1.165, 1.54) is 0 Å². The molecule has 0 aliphatic heterocycles. The lowest BCUT2D eigenvalue weighted by Gasteiger charge is -2.24. The molecule has 0 spiro atoms. The number of carbonyl (C=O) groups is 2. The number of azide groups is 2. The number of aryl methyl sites for hydroxylation is 2.